The lowest BCUT2D eigenvalue weighted by molar-refractivity contribution is 0.102. The molecule has 2 rings (SSSR count). The Morgan fingerprint density at radius 3 is 2.26 bits per heavy atom. The molecular weight excluding hydrogens is 292 g/mol. The molecule has 0 unspecified atom stereocenters. The number of nitrogens with one attached hydrogen (secondary N) is 3. The number of carbonyl (C=O) groups is 2. The van der Waals surface area contributed by atoms with E-state index in [0.29, 0.717) is 17.1 Å². The van der Waals surface area contributed by atoms with Crippen LogP contribution in [0.1, 0.15) is 29.8 Å². The van der Waals surface area contributed by atoms with Crippen molar-refractivity contribution in [2.24, 2.45) is 0 Å². The number of hydrogen-bond donors (Lipinski definition) is 3. The third kappa shape index (κ3) is 5.10. The molecule has 6 heteroatoms. The minimum Gasteiger partial charge on any atom is -0.336 e. The Hall–Kier alpha value is -2.89. The molecule has 1 heterocycles. The number of rotatable bonds is 4. The second-order valence-electron chi connectivity index (χ2n) is 5.51. The molecule has 23 heavy (non-hydrogen) atoms. The van der Waals surface area contributed by atoms with Crippen LogP contribution in [0.25, 0.3) is 0 Å². The Bertz CT molecular complexity index is 679. The van der Waals surface area contributed by atoms with Crippen LogP contribution in [-0.2, 0) is 0 Å². The average molecular weight is 312 g/mol. The van der Waals surface area contributed by atoms with Gasteiger partial charge in [-0.05, 0) is 56.7 Å². The maximum Gasteiger partial charge on any atom is 0.319 e. The number of amides is 3. The van der Waals surface area contributed by atoms with Gasteiger partial charge in [-0.2, -0.15) is 0 Å². The molecule has 120 valence electrons. The summed E-state index contributed by atoms with van der Waals surface area (Å²) >= 11 is 0. The van der Waals surface area contributed by atoms with Gasteiger partial charge in [0, 0.05) is 23.5 Å². The zero-order valence-electron chi connectivity index (χ0n) is 13.4. The number of hydrogen-bond acceptors (Lipinski definition) is 3. The van der Waals surface area contributed by atoms with E-state index in [4.69, 9.17) is 0 Å². The van der Waals surface area contributed by atoms with Crippen LogP contribution in [0.3, 0.4) is 0 Å². The lowest BCUT2D eigenvalue weighted by Crippen LogP contribution is -2.34. The summed E-state index contributed by atoms with van der Waals surface area (Å²) in [7, 11) is 0. The van der Waals surface area contributed by atoms with Gasteiger partial charge in [0.05, 0.1) is 0 Å². The van der Waals surface area contributed by atoms with Gasteiger partial charge in [0.15, 0.2) is 0 Å². The Labute approximate surface area is 135 Å². The minimum absolute atomic E-state index is 0.0575. The number of pyridine rings is 1. The quantitative estimate of drug-likeness (QED) is 0.811. The van der Waals surface area contributed by atoms with Crippen molar-refractivity contribution in [2.45, 2.75) is 26.8 Å². The van der Waals surface area contributed by atoms with E-state index in [2.05, 4.69) is 20.9 Å². The van der Waals surface area contributed by atoms with Gasteiger partial charge in [-0.15, -0.1) is 0 Å². The lowest BCUT2D eigenvalue weighted by Gasteiger charge is -2.10. The summed E-state index contributed by atoms with van der Waals surface area (Å²) in [4.78, 5) is 27.9. The van der Waals surface area contributed by atoms with Crippen LogP contribution in [0.15, 0.2) is 42.6 Å². The summed E-state index contributed by atoms with van der Waals surface area (Å²) in [6, 6.07) is 10.1. The molecule has 0 atom stereocenters. The van der Waals surface area contributed by atoms with Crippen molar-refractivity contribution in [3.63, 3.8) is 0 Å². The van der Waals surface area contributed by atoms with Crippen LogP contribution in [-0.4, -0.2) is 23.0 Å². The van der Waals surface area contributed by atoms with E-state index in [1.807, 2.05) is 26.8 Å². The van der Waals surface area contributed by atoms with Crippen molar-refractivity contribution >= 4 is 23.4 Å². The summed E-state index contributed by atoms with van der Waals surface area (Å²) in [6.45, 7) is 5.69. The van der Waals surface area contributed by atoms with Crippen molar-refractivity contribution < 1.29 is 9.59 Å². The summed E-state index contributed by atoms with van der Waals surface area (Å²) in [5, 5.41) is 8.15. The van der Waals surface area contributed by atoms with Gasteiger partial charge in [-0.25, -0.2) is 9.78 Å². The van der Waals surface area contributed by atoms with E-state index in [-0.39, 0.29) is 18.0 Å². The van der Waals surface area contributed by atoms with E-state index in [1.54, 1.807) is 36.5 Å². The van der Waals surface area contributed by atoms with Crippen molar-refractivity contribution in [1.82, 2.24) is 10.3 Å². The van der Waals surface area contributed by atoms with Gasteiger partial charge >= 0.3 is 6.03 Å². The number of nitrogens with zero attached hydrogens (tertiary/aromatic N) is 1. The molecule has 1 aromatic heterocycles. The molecule has 0 saturated heterocycles. The van der Waals surface area contributed by atoms with Gasteiger partial charge in [0.1, 0.15) is 5.82 Å². The summed E-state index contributed by atoms with van der Waals surface area (Å²) in [6.07, 6.45) is 1.69. The summed E-state index contributed by atoms with van der Waals surface area (Å²) in [5.74, 6) is 0.249. The van der Waals surface area contributed by atoms with Crippen molar-refractivity contribution in [1.29, 1.82) is 0 Å². The number of anilines is 2. The minimum atomic E-state index is -0.277. The second kappa shape index (κ2) is 7.40. The average Bonchev–Trinajstić information content (AvgIpc) is 2.49. The van der Waals surface area contributed by atoms with Gasteiger partial charge in [-0.1, -0.05) is 6.07 Å². The molecule has 0 spiro atoms. The normalized spacial score (nSPS) is 10.3. The highest BCUT2D eigenvalue weighted by atomic mass is 16.2. The molecule has 0 radical (unpaired) electrons. The lowest BCUT2D eigenvalue weighted by atomic mass is 10.2. The van der Waals surface area contributed by atoms with E-state index in [9.17, 15) is 9.59 Å². The molecule has 0 aliphatic heterocycles. The zero-order chi connectivity index (χ0) is 16.8. The molecular formula is C17H20N4O2. The molecule has 0 aliphatic rings. The highest BCUT2D eigenvalue weighted by Gasteiger charge is 2.08. The molecule has 0 aliphatic carbocycles. The first-order valence-electron chi connectivity index (χ1n) is 7.35. The number of benzene rings is 1. The van der Waals surface area contributed by atoms with Gasteiger partial charge < -0.3 is 16.0 Å². The van der Waals surface area contributed by atoms with E-state index in [1.165, 1.54) is 0 Å². The predicted octanol–water partition coefficient (Wildman–Crippen LogP) is 3.17. The van der Waals surface area contributed by atoms with Crippen LogP contribution in [0.4, 0.5) is 16.3 Å². The van der Waals surface area contributed by atoms with Crippen LogP contribution in [0.5, 0.6) is 0 Å². The summed E-state index contributed by atoms with van der Waals surface area (Å²) in [5.41, 5.74) is 2.13. The molecule has 1 aromatic carbocycles. The monoisotopic (exact) mass is 312 g/mol. The Morgan fingerprint density at radius 2 is 1.70 bits per heavy atom. The third-order valence-electron chi connectivity index (χ3n) is 2.98. The van der Waals surface area contributed by atoms with Gasteiger partial charge in [0.25, 0.3) is 5.91 Å². The number of aryl methyl sites for hydroxylation is 1. The summed E-state index contributed by atoms with van der Waals surface area (Å²) < 4.78 is 0. The fraction of sp³-hybridized carbons (Fsp3) is 0.235. The Balaban J connectivity index is 1.97. The van der Waals surface area contributed by atoms with Gasteiger partial charge in [0.2, 0.25) is 0 Å². The highest BCUT2D eigenvalue weighted by Crippen LogP contribution is 2.12. The maximum atomic E-state index is 12.1. The molecule has 0 saturated carbocycles. The van der Waals surface area contributed by atoms with E-state index >= 15 is 0 Å². The van der Waals surface area contributed by atoms with E-state index < -0.39 is 0 Å². The first-order chi connectivity index (χ1) is 10.9. The Morgan fingerprint density at radius 1 is 1.00 bits per heavy atom. The van der Waals surface area contributed by atoms with Crippen LogP contribution < -0.4 is 16.0 Å². The fourth-order valence-corrected chi connectivity index (χ4v) is 1.86. The van der Waals surface area contributed by atoms with Crippen molar-refractivity contribution in [3.05, 3.63) is 53.7 Å². The number of carbonyl (C=O) groups excluding carboxylic acids is 2. The maximum absolute atomic E-state index is 12.1. The standard InChI is InChI=1S/C17H20N4O2/c1-11(2)19-17(23)20-14-7-5-13(6-8-14)16(22)21-15-9-4-12(3)10-18-15/h4-11H,1-3H3,(H,18,21,22)(H2,19,20,23). The van der Waals surface area contributed by atoms with Crippen LogP contribution in [0, 0.1) is 6.92 Å². The van der Waals surface area contributed by atoms with E-state index in [0.717, 1.165) is 5.56 Å². The zero-order valence-corrected chi connectivity index (χ0v) is 13.4. The molecule has 3 amide bonds. The SMILES string of the molecule is Cc1ccc(NC(=O)c2ccc(NC(=O)NC(C)C)cc2)nc1. The second-order valence-corrected chi connectivity index (χ2v) is 5.51. The molecule has 0 bridgehead atoms. The van der Waals surface area contributed by atoms with Crippen molar-refractivity contribution in [2.75, 3.05) is 10.6 Å². The first kappa shape index (κ1) is 16.5. The number of urea groups is 1. The van der Waals surface area contributed by atoms with Crippen molar-refractivity contribution in [3.8, 4) is 0 Å². The smallest absolute Gasteiger partial charge is 0.319 e. The fourth-order valence-electron chi connectivity index (χ4n) is 1.86. The van der Waals surface area contributed by atoms with Crippen LogP contribution in [0.2, 0.25) is 0 Å². The molecule has 3 N–H and O–H groups in total. The molecule has 2 aromatic rings. The Kier molecular flexibility index (Phi) is 5.30. The molecule has 0 fully saturated rings. The third-order valence-corrected chi connectivity index (χ3v) is 2.98. The predicted molar refractivity (Wildman–Crippen MR) is 90.7 cm³/mol. The topological polar surface area (TPSA) is 83.1 Å². The van der Waals surface area contributed by atoms with Crippen LogP contribution >= 0.6 is 0 Å². The number of aromatic nitrogens is 1. The first-order valence-corrected chi connectivity index (χ1v) is 7.35. The largest absolute Gasteiger partial charge is 0.336 e. The molecule has 6 nitrogen and oxygen atoms in total. The highest BCUT2D eigenvalue weighted by molar-refractivity contribution is 6.04. The van der Waals surface area contributed by atoms with Gasteiger partial charge in [-0.3, -0.25) is 4.79 Å².